The minimum Gasteiger partial charge on any atom is -0.382 e. The van der Waals surface area contributed by atoms with Crippen LogP contribution in [-0.4, -0.2) is 37.3 Å². The Hall–Kier alpha value is -2.44. The maximum Gasteiger partial charge on any atom is 0.272 e. The lowest BCUT2D eigenvalue weighted by Crippen LogP contribution is -2.32. The van der Waals surface area contributed by atoms with E-state index >= 15 is 0 Å². The highest BCUT2D eigenvalue weighted by Gasteiger charge is 2.32. The zero-order valence-electron chi connectivity index (χ0n) is 11.2. The highest BCUT2D eigenvalue weighted by atomic mass is 16.2. The van der Waals surface area contributed by atoms with Gasteiger partial charge >= 0.3 is 0 Å². The monoisotopic (exact) mass is 272 g/mol. The van der Waals surface area contributed by atoms with Gasteiger partial charge in [0.2, 0.25) is 0 Å². The van der Waals surface area contributed by atoms with Crippen LogP contribution in [0.4, 0.5) is 5.82 Å². The lowest BCUT2D eigenvalue weighted by atomic mass is 10.1. The van der Waals surface area contributed by atoms with Crippen molar-refractivity contribution >= 4 is 11.7 Å². The first-order chi connectivity index (χ1) is 9.66. The lowest BCUT2D eigenvalue weighted by Gasteiger charge is -2.23. The van der Waals surface area contributed by atoms with Gasteiger partial charge in [-0.1, -0.05) is 0 Å². The fourth-order valence-corrected chi connectivity index (χ4v) is 2.58. The van der Waals surface area contributed by atoms with Crippen molar-refractivity contribution in [2.45, 2.75) is 18.9 Å². The van der Waals surface area contributed by atoms with E-state index in [0.29, 0.717) is 11.5 Å². The molecule has 3 heterocycles. The zero-order valence-corrected chi connectivity index (χ0v) is 11.2. The van der Waals surface area contributed by atoms with E-state index in [1.165, 1.54) is 0 Å². The quantitative estimate of drug-likeness (QED) is 0.872. The summed E-state index contributed by atoms with van der Waals surface area (Å²) < 4.78 is 1.59. The predicted molar refractivity (Wildman–Crippen MR) is 72.7 cm³/mol. The van der Waals surface area contributed by atoms with Gasteiger partial charge in [0.15, 0.2) is 0 Å². The first kappa shape index (κ1) is 12.6. The van der Waals surface area contributed by atoms with E-state index in [0.717, 1.165) is 25.1 Å². The molecular weight excluding hydrogens is 256 g/mol. The lowest BCUT2D eigenvalue weighted by molar-refractivity contribution is 0.0721. The first-order valence-corrected chi connectivity index (χ1v) is 6.55. The Kier molecular flexibility index (Phi) is 3.09. The number of rotatable bonds is 2. The number of amides is 1. The molecule has 7 heteroatoms. The smallest absolute Gasteiger partial charge is 0.272 e. The number of carbonyl (C=O) groups excluding carboxylic acids is 1. The Morgan fingerprint density at radius 2 is 2.20 bits per heavy atom. The van der Waals surface area contributed by atoms with E-state index in [1.807, 2.05) is 11.0 Å². The van der Waals surface area contributed by atoms with Crippen molar-refractivity contribution in [2.75, 3.05) is 12.3 Å². The summed E-state index contributed by atoms with van der Waals surface area (Å²) in [5.74, 6) is 0.363. The van der Waals surface area contributed by atoms with Gasteiger partial charge in [0, 0.05) is 19.8 Å². The van der Waals surface area contributed by atoms with Crippen LogP contribution in [0.15, 0.2) is 24.4 Å². The largest absolute Gasteiger partial charge is 0.382 e. The van der Waals surface area contributed by atoms with Crippen molar-refractivity contribution in [2.24, 2.45) is 7.05 Å². The van der Waals surface area contributed by atoms with E-state index in [1.54, 1.807) is 30.1 Å². The van der Waals surface area contributed by atoms with Crippen LogP contribution in [0.5, 0.6) is 0 Å². The second-order valence-electron chi connectivity index (χ2n) is 4.88. The summed E-state index contributed by atoms with van der Waals surface area (Å²) >= 11 is 0. The fraction of sp³-hybridized carbons (Fsp3) is 0.385. The van der Waals surface area contributed by atoms with Gasteiger partial charge < -0.3 is 10.6 Å². The number of aromatic nitrogens is 4. The highest BCUT2D eigenvalue weighted by molar-refractivity contribution is 5.93. The third-order valence-corrected chi connectivity index (χ3v) is 3.60. The van der Waals surface area contributed by atoms with Gasteiger partial charge in [-0.25, -0.2) is 0 Å². The van der Waals surface area contributed by atoms with Gasteiger partial charge in [0.1, 0.15) is 11.5 Å². The number of nitrogens with two attached hydrogens (primary N) is 1. The molecule has 2 aromatic rings. The molecule has 0 saturated carbocycles. The normalized spacial score (nSPS) is 18.4. The summed E-state index contributed by atoms with van der Waals surface area (Å²) in [5, 5.41) is 12.0. The van der Waals surface area contributed by atoms with Gasteiger partial charge in [-0.3, -0.25) is 9.48 Å². The molecule has 0 aliphatic carbocycles. The summed E-state index contributed by atoms with van der Waals surface area (Å²) in [5.41, 5.74) is 6.92. The van der Waals surface area contributed by atoms with Crippen LogP contribution in [0.3, 0.4) is 0 Å². The third-order valence-electron chi connectivity index (χ3n) is 3.60. The molecule has 1 amide bonds. The van der Waals surface area contributed by atoms with Crippen molar-refractivity contribution in [1.82, 2.24) is 24.9 Å². The summed E-state index contributed by atoms with van der Waals surface area (Å²) in [6.45, 7) is 0.723. The van der Waals surface area contributed by atoms with Crippen LogP contribution in [-0.2, 0) is 7.05 Å². The number of nitrogen functional groups attached to an aromatic ring is 1. The second-order valence-corrected chi connectivity index (χ2v) is 4.88. The average Bonchev–Trinajstić information content (AvgIpc) is 3.07. The molecule has 1 fully saturated rings. The molecule has 1 unspecified atom stereocenters. The number of hydrogen-bond donors (Lipinski definition) is 1. The third kappa shape index (κ3) is 2.11. The molecule has 1 saturated heterocycles. The highest BCUT2D eigenvalue weighted by Crippen LogP contribution is 2.31. The molecule has 0 bridgehead atoms. The van der Waals surface area contributed by atoms with E-state index in [2.05, 4.69) is 15.3 Å². The zero-order chi connectivity index (χ0) is 14.1. The number of nitrogens with zero attached hydrogens (tertiary/aromatic N) is 5. The second kappa shape index (κ2) is 4.92. The molecule has 0 spiro atoms. The maximum absolute atomic E-state index is 12.6. The van der Waals surface area contributed by atoms with Crippen molar-refractivity contribution in [3.8, 4) is 0 Å². The molecule has 0 aromatic carbocycles. The molecule has 104 valence electrons. The summed E-state index contributed by atoms with van der Waals surface area (Å²) in [4.78, 5) is 14.4. The van der Waals surface area contributed by atoms with Gasteiger partial charge in [-0.05, 0) is 31.0 Å². The Balaban J connectivity index is 1.87. The van der Waals surface area contributed by atoms with E-state index in [4.69, 9.17) is 5.73 Å². The van der Waals surface area contributed by atoms with Crippen LogP contribution in [0.2, 0.25) is 0 Å². The molecule has 2 aromatic heterocycles. The Labute approximate surface area is 116 Å². The average molecular weight is 272 g/mol. The van der Waals surface area contributed by atoms with Gasteiger partial charge in [0.05, 0.1) is 11.7 Å². The fourth-order valence-electron chi connectivity index (χ4n) is 2.58. The molecule has 3 rings (SSSR count). The molecule has 20 heavy (non-hydrogen) atoms. The minimum absolute atomic E-state index is 0.0221. The first-order valence-electron chi connectivity index (χ1n) is 6.55. The Morgan fingerprint density at radius 3 is 2.85 bits per heavy atom. The predicted octanol–water partition coefficient (Wildman–Crippen LogP) is 0.770. The van der Waals surface area contributed by atoms with Crippen LogP contribution in [0.25, 0.3) is 0 Å². The number of anilines is 1. The number of hydrogen-bond acceptors (Lipinski definition) is 5. The van der Waals surface area contributed by atoms with Gasteiger partial charge in [-0.15, -0.1) is 5.10 Å². The van der Waals surface area contributed by atoms with Crippen LogP contribution in [0.1, 0.15) is 35.1 Å². The maximum atomic E-state index is 12.6. The van der Waals surface area contributed by atoms with Crippen molar-refractivity contribution < 1.29 is 4.79 Å². The standard InChI is InChI=1S/C13H16N6O/c1-18-11(6-7-15-18)13(20)19-8-2-3-10(19)9-4-5-12(14)17-16-9/h4-7,10H,2-3,8H2,1H3,(H2,14,17). The van der Waals surface area contributed by atoms with Crippen molar-refractivity contribution in [1.29, 1.82) is 0 Å². The summed E-state index contributed by atoms with van der Waals surface area (Å²) in [6, 6.07) is 5.24. The minimum atomic E-state index is -0.0366. The molecular formula is C13H16N6O. The van der Waals surface area contributed by atoms with Crippen molar-refractivity contribution in [3.63, 3.8) is 0 Å². The van der Waals surface area contributed by atoms with Crippen LogP contribution < -0.4 is 5.73 Å². The molecule has 1 aliphatic heterocycles. The SMILES string of the molecule is Cn1nccc1C(=O)N1CCCC1c1ccc(N)nn1. The van der Waals surface area contributed by atoms with E-state index < -0.39 is 0 Å². The topological polar surface area (TPSA) is 89.9 Å². The molecule has 2 N–H and O–H groups in total. The molecule has 0 radical (unpaired) electrons. The molecule has 1 atom stereocenters. The van der Waals surface area contributed by atoms with Crippen LogP contribution in [0, 0.1) is 0 Å². The summed E-state index contributed by atoms with van der Waals surface area (Å²) in [7, 11) is 1.77. The molecule has 7 nitrogen and oxygen atoms in total. The Morgan fingerprint density at radius 1 is 1.35 bits per heavy atom. The van der Waals surface area contributed by atoms with Gasteiger partial charge in [0.25, 0.3) is 5.91 Å². The van der Waals surface area contributed by atoms with Crippen LogP contribution >= 0.6 is 0 Å². The van der Waals surface area contributed by atoms with Crippen molar-refractivity contribution in [3.05, 3.63) is 35.8 Å². The molecule has 1 aliphatic rings. The van der Waals surface area contributed by atoms with Gasteiger partial charge in [-0.2, -0.15) is 10.2 Å². The number of carbonyl (C=O) groups is 1. The Bertz CT molecular complexity index is 620. The summed E-state index contributed by atoms with van der Waals surface area (Å²) in [6.07, 6.45) is 3.48. The van der Waals surface area contributed by atoms with E-state index in [9.17, 15) is 4.79 Å². The number of aryl methyl sites for hydroxylation is 1. The van der Waals surface area contributed by atoms with E-state index in [-0.39, 0.29) is 11.9 Å². The number of likely N-dealkylation sites (tertiary alicyclic amines) is 1.